The molecular weight excluding hydrogens is 349 g/mol. The standard InChI is InChI=1S/C21H18FNO4/c1-26-17-8-11(9-18(27-2)21(17)25)7-12-3-5-16-19(20(12)24)14-10-13(22)4-6-15(14)23-16/h4,6-10,23,25H,3,5H2,1-2H3/b12-7+. The van der Waals surface area contributed by atoms with Crippen LogP contribution in [0.15, 0.2) is 35.9 Å². The molecule has 27 heavy (non-hydrogen) atoms. The second-order valence-corrected chi connectivity index (χ2v) is 6.44. The predicted molar refractivity (Wildman–Crippen MR) is 100 cm³/mol. The van der Waals surface area contributed by atoms with E-state index in [1.54, 1.807) is 24.3 Å². The van der Waals surface area contributed by atoms with Gasteiger partial charge >= 0.3 is 0 Å². The van der Waals surface area contributed by atoms with Gasteiger partial charge in [-0.3, -0.25) is 4.79 Å². The number of nitrogens with one attached hydrogen (secondary N) is 1. The number of phenolic OH excluding ortho intramolecular Hbond substituents is 1. The number of H-pyrrole nitrogens is 1. The summed E-state index contributed by atoms with van der Waals surface area (Å²) in [7, 11) is 2.90. The number of aryl methyl sites for hydroxylation is 1. The third kappa shape index (κ3) is 2.83. The summed E-state index contributed by atoms with van der Waals surface area (Å²) in [6.07, 6.45) is 2.98. The fourth-order valence-corrected chi connectivity index (χ4v) is 3.54. The van der Waals surface area contributed by atoms with E-state index in [9.17, 15) is 14.3 Å². The van der Waals surface area contributed by atoms with Crippen LogP contribution in [0.5, 0.6) is 17.2 Å². The zero-order valence-corrected chi connectivity index (χ0v) is 14.9. The van der Waals surface area contributed by atoms with Crippen molar-refractivity contribution in [1.29, 1.82) is 0 Å². The number of rotatable bonds is 3. The molecule has 0 aliphatic heterocycles. The maximum atomic E-state index is 13.7. The zero-order valence-electron chi connectivity index (χ0n) is 14.9. The van der Waals surface area contributed by atoms with Crippen molar-refractivity contribution in [2.24, 2.45) is 0 Å². The Kier molecular flexibility index (Phi) is 4.11. The maximum absolute atomic E-state index is 13.7. The molecule has 5 nitrogen and oxygen atoms in total. The van der Waals surface area contributed by atoms with Gasteiger partial charge in [0.1, 0.15) is 5.82 Å². The van der Waals surface area contributed by atoms with Crippen molar-refractivity contribution in [3.05, 3.63) is 58.5 Å². The van der Waals surface area contributed by atoms with E-state index in [0.29, 0.717) is 34.9 Å². The molecule has 0 fully saturated rings. The fraction of sp³-hybridized carbons (Fsp3) is 0.190. The Morgan fingerprint density at radius 1 is 1.11 bits per heavy atom. The van der Waals surface area contributed by atoms with E-state index in [4.69, 9.17) is 9.47 Å². The quantitative estimate of drug-likeness (QED) is 0.679. The first-order valence-corrected chi connectivity index (χ1v) is 8.52. The lowest BCUT2D eigenvalue weighted by Gasteiger charge is -2.15. The molecule has 1 aliphatic carbocycles. The monoisotopic (exact) mass is 367 g/mol. The van der Waals surface area contributed by atoms with Crippen LogP contribution in [0, 0.1) is 5.82 Å². The third-order valence-corrected chi connectivity index (χ3v) is 4.84. The number of phenols is 1. The van der Waals surface area contributed by atoms with E-state index < -0.39 is 0 Å². The molecule has 1 heterocycles. The number of ether oxygens (including phenoxy) is 2. The van der Waals surface area contributed by atoms with Crippen LogP contribution in [0.1, 0.15) is 28.0 Å². The summed E-state index contributed by atoms with van der Waals surface area (Å²) in [5.74, 6) is -0.0644. The number of aromatic hydroxyl groups is 1. The molecule has 1 aromatic heterocycles. The SMILES string of the molecule is COc1cc(/C=C2\CCc3[nH]c4ccc(F)cc4c3C2=O)cc(OC)c1O. The second kappa shape index (κ2) is 6.46. The van der Waals surface area contributed by atoms with Crippen molar-refractivity contribution in [1.82, 2.24) is 4.98 Å². The highest BCUT2D eigenvalue weighted by molar-refractivity contribution is 6.19. The van der Waals surface area contributed by atoms with E-state index in [0.717, 1.165) is 11.2 Å². The first-order chi connectivity index (χ1) is 13.0. The molecule has 138 valence electrons. The number of benzene rings is 2. The molecule has 0 atom stereocenters. The van der Waals surface area contributed by atoms with Crippen molar-refractivity contribution in [2.75, 3.05) is 14.2 Å². The van der Waals surface area contributed by atoms with Gasteiger partial charge in [-0.2, -0.15) is 0 Å². The number of carbonyl (C=O) groups is 1. The highest BCUT2D eigenvalue weighted by atomic mass is 19.1. The zero-order chi connectivity index (χ0) is 19.1. The van der Waals surface area contributed by atoms with Crippen molar-refractivity contribution in [3.8, 4) is 17.2 Å². The summed E-state index contributed by atoms with van der Waals surface area (Å²) in [6.45, 7) is 0. The molecule has 0 saturated heterocycles. The van der Waals surface area contributed by atoms with Gasteiger partial charge in [0.15, 0.2) is 17.3 Å². The number of allylic oxidation sites excluding steroid dienone is 1. The van der Waals surface area contributed by atoms with Crippen LogP contribution in [-0.2, 0) is 6.42 Å². The van der Waals surface area contributed by atoms with Gasteiger partial charge in [-0.05, 0) is 54.8 Å². The molecular formula is C21H18FNO4. The molecule has 0 saturated carbocycles. The number of aromatic amines is 1. The largest absolute Gasteiger partial charge is 0.502 e. The number of methoxy groups -OCH3 is 2. The Balaban J connectivity index is 1.80. The molecule has 2 N–H and O–H groups in total. The Labute approximate surface area is 155 Å². The normalized spacial score (nSPS) is 15.2. The Morgan fingerprint density at radius 2 is 1.81 bits per heavy atom. The van der Waals surface area contributed by atoms with Gasteiger partial charge in [0.2, 0.25) is 5.75 Å². The number of halogens is 1. The summed E-state index contributed by atoms with van der Waals surface area (Å²) < 4.78 is 24.0. The molecule has 4 rings (SSSR count). The average molecular weight is 367 g/mol. The van der Waals surface area contributed by atoms with Gasteiger partial charge in [-0.25, -0.2) is 4.39 Å². The van der Waals surface area contributed by atoms with Crippen molar-refractivity contribution >= 4 is 22.8 Å². The van der Waals surface area contributed by atoms with Gasteiger partial charge in [-0.1, -0.05) is 0 Å². The van der Waals surface area contributed by atoms with Crippen LogP contribution in [0.3, 0.4) is 0 Å². The summed E-state index contributed by atoms with van der Waals surface area (Å²) in [4.78, 5) is 16.3. The van der Waals surface area contributed by atoms with Crippen LogP contribution >= 0.6 is 0 Å². The van der Waals surface area contributed by atoms with Crippen LogP contribution in [0.25, 0.3) is 17.0 Å². The highest BCUT2D eigenvalue weighted by Gasteiger charge is 2.26. The van der Waals surface area contributed by atoms with Gasteiger partial charge in [0.05, 0.1) is 19.8 Å². The number of ketones is 1. The minimum atomic E-state index is -0.374. The molecule has 0 bridgehead atoms. The number of hydrogen-bond donors (Lipinski definition) is 2. The number of aromatic nitrogens is 1. The molecule has 3 aromatic rings. The predicted octanol–water partition coefficient (Wildman–Crippen LogP) is 4.24. The van der Waals surface area contributed by atoms with Crippen molar-refractivity contribution in [3.63, 3.8) is 0 Å². The number of hydrogen-bond acceptors (Lipinski definition) is 4. The van der Waals surface area contributed by atoms with Crippen LogP contribution < -0.4 is 9.47 Å². The van der Waals surface area contributed by atoms with Crippen LogP contribution in [0.4, 0.5) is 4.39 Å². The van der Waals surface area contributed by atoms with Gasteiger partial charge in [-0.15, -0.1) is 0 Å². The lowest BCUT2D eigenvalue weighted by atomic mass is 9.88. The second-order valence-electron chi connectivity index (χ2n) is 6.44. The van der Waals surface area contributed by atoms with Gasteiger partial charge in [0, 0.05) is 22.2 Å². The Morgan fingerprint density at radius 3 is 2.48 bits per heavy atom. The smallest absolute Gasteiger partial charge is 0.200 e. The van der Waals surface area contributed by atoms with E-state index in [1.165, 1.54) is 26.4 Å². The molecule has 0 unspecified atom stereocenters. The lowest BCUT2D eigenvalue weighted by Crippen LogP contribution is -2.13. The van der Waals surface area contributed by atoms with E-state index in [-0.39, 0.29) is 28.8 Å². The highest BCUT2D eigenvalue weighted by Crippen LogP contribution is 2.39. The minimum absolute atomic E-state index is 0.0912. The summed E-state index contributed by atoms with van der Waals surface area (Å²) in [5.41, 5.74) is 3.41. The van der Waals surface area contributed by atoms with Crippen LogP contribution in [0.2, 0.25) is 0 Å². The molecule has 0 amide bonds. The van der Waals surface area contributed by atoms with Gasteiger partial charge in [0.25, 0.3) is 0 Å². The van der Waals surface area contributed by atoms with E-state index in [2.05, 4.69) is 4.98 Å². The van der Waals surface area contributed by atoms with Crippen molar-refractivity contribution in [2.45, 2.75) is 12.8 Å². The fourth-order valence-electron chi connectivity index (χ4n) is 3.54. The number of carbonyl (C=O) groups excluding carboxylic acids is 1. The average Bonchev–Trinajstić information content (AvgIpc) is 3.03. The van der Waals surface area contributed by atoms with Crippen molar-refractivity contribution < 1.29 is 23.8 Å². The summed E-state index contributed by atoms with van der Waals surface area (Å²) >= 11 is 0. The lowest BCUT2D eigenvalue weighted by molar-refractivity contribution is 0.102. The maximum Gasteiger partial charge on any atom is 0.200 e. The summed E-state index contributed by atoms with van der Waals surface area (Å²) in [5, 5.41) is 10.6. The topological polar surface area (TPSA) is 71.6 Å². The molecule has 6 heteroatoms. The van der Waals surface area contributed by atoms with E-state index in [1.807, 2.05) is 0 Å². The molecule has 2 aromatic carbocycles. The first-order valence-electron chi connectivity index (χ1n) is 8.52. The first kappa shape index (κ1) is 17.1. The summed E-state index contributed by atoms with van der Waals surface area (Å²) in [6, 6.07) is 7.69. The molecule has 0 spiro atoms. The van der Waals surface area contributed by atoms with Gasteiger partial charge < -0.3 is 19.6 Å². The third-order valence-electron chi connectivity index (χ3n) is 4.84. The number of fused-ring (bicyclic) bond motifs is 3. The van der Waals surface area contributed by atoms with Crippen LogP contribution in [-0.4, -0.2) is 30.1 Å². The molecule has 1 aliphatic rings. The minimum Gasteiger partial charge on any atom is -0.502 e. The van der Waals surface area contributed by atoms with E-state index >= 15 is 0 Å². The molecule has 0 radical (unpaired) electrons. The number of Topliss-reactive ketones (excluding diaryl/α,β-unsaturated/α-hetero) is 1. The Hall–Kier alpha value is -3.28. The Bertz CT molecular complexity index is 1070.